The van der Waals surface area contributed by atoms with E-state index in [0.29, 0.717) is 13.1 Å². The molecule has 0 aromatic heterocycles. The van der Waals surface area contributed by atoms with Gasteiger partial charge in [-0.25, -0.2) is 4.79 Å². The molecule has 1 amide bonds. The Bertz CT molecular complexity index is 1410. The van der Waals surface area contributed by atoms with Crippen LogP contribution >= 0.6 is 0 Å². The highest BCUT2D eigenvalue weighted by Gasteiger charge is 2.24. The highest BCUT2D eigenvalue weighted by atomic mass is 16.6. The van der Waals surface area contributed by atoms with Crippen LogP contribution in [0.15, 0.2) is 109 Å². The van der Waals surface area contributed by atoms with Gasteiger partial charge in [-0.2, -0.15) is 0 Å². The topological polar surface area (TPSA) is 107 Å². The third-order valence-corrected chi connectivity index (χ3v) is 5.81. The first kappa shape index (κ1) is 26.0. The molecule has 0 saturated carbocycles. The van der Waals surface area contributed by atoms with Crippen molar-refractivity contribution < 1.29 is 24.0 Å². The summed E-state index contributed by atoms with van der Waals surface area (Å²) in [6.45, 7) is 0.0206. The average Bonchev–Trinajstić information content (AvgIpc) is 2.96. The zero-order valence-electron chi connectivity index (χ0n) is 20.4. The minimum atomic E-state index is -0.841. The Morgan fingerprint density at radius 2 is 1.26 bits per heavy atom. The van der Waals surface area contributed by atoms with E-state index < -0.39 is 23.3 Å². The van der Waals surface area contributed by atoms with Crippen LogP contribution in [0.4, 0.5) is 5.69 Å². The predicted molar refractivity (Wildman–Crippen MR) is 141 cm³/mol. The van der Waals surface area contributed by atoms with Crippen molar-refractivity contribution in [2.24, 2.45) is 0 Å². The Balaban J connectivity index is 1.54. The summed E-state index contributed by atoms with van der Waals surface area (Å²) >= 11 is 0. The summed E-state index contributed by atoms with van der Waals surface area (Å²) in [6, 6.07) is 30.5. The van der Waals surface area contributed by atoms with Crippen molar-refractivity contribution in [1.29, 1.82) is 0 Å². The standard InChI is InChI=1S/C30H24N2O6/c33-28(24-14-9-15-25(18-24)32(36)37)21-38-30(35)27-17-8-7-16-26(27)29(34)31(19-22-10-3-1-4-11-22)20-23-12-5-2-6-13-23/h1-18H,19-21H2. The lowest BCUT2D eigenvalue weighted by molar-refractivity contribution is -0.384. The number of non-ortho nitro benzene ring substituents is 1. The van der Waals surface area contributed by atoms with Crippen LogP contribution < -0.4 is 0 Å². The predicted octanol–water partition coefficient (Wildman–Crippen LogP) is 5.48. The molecule has 0 unspecified atom stereocenters. The molecular formula is C30H24N2O6. The van der Waals surface area contributed by atoms with Crippen LogP contribution in [-0.4, -0.2) is 34.1 Å². The van der Waals surface area contributed by atoms with Gasteiger partial charge in [-0.05, 0) is 23.3 Å². The summed E-state index contributed by atoms with van der Waals surface area (Å²) in [6.07, 6.45) is 0. The van der Waals surface area contributed by atoms with Gasteiger partial charge in [0.05, 0.1) is 16.1 Å². The van der Waals surface area contributed by atoms with E-state index in [1.54, 1.807) is 23.1 Å². The van der Waals surface area contributed by atoms with Crippen LogP contribution in [0.25, 0.3) is 0 Å². The van der Waals surface area contributed by atoms with Crippen molar-refractivity contribution in [3.8, 4) is 0 Å². The second-order valence-electron chi connectivity index (χ2n) is 8.48. The number of nitro benzene ring substituents is 1. The van der Waals surface area contributed by atoms with Crippen molar-refractivity contribution >= 4 is 23.3 Å². The number of ether oxygens (including phenoxy) is 1. The van der Waals surface area contributed by atoms with Gasteiger partial charge in [-0.3, -0.25) is 19.7 Å². The third kappa shape index (κ3) is 6.55. The normalized spacial score (nSPS) is 10.4. The molecule has 190 valence electrons. The van der Waals surface area contributed by atoms with Gasteiger partial charge in [0.2, 0.25) is 5.78 Å². The third-order valence-electron chi connectivity index (χ3n) is 5.81. The van der Waals surface area contributed by atoms with Gasteiger partial charge < -0.3 is 9.64 Å². The average molecular weight is 509 g/mol. The van der Waals surface area contributed by atoms with Crippen molar-refractivity contribution in [2.75, 3.05) is 6.61 Å². The smallest absolute Gasteiger partial charge is 0.339 e. The fourth-order valence-electron chi connectivity index (χ4n) is 3.91. The van der Waals surface area contributed by atoms with Crippen LogP contribution in [0.2, 0.25) is 0 Å². The molecule has 8 nitrogen and oxygen atoms in total. The van der Waals surface area contributed by atoms with Gasteiger partial charge >= 0.3 is 5.97 Å². The summed E-state index contributed by atoms with van der Waals surface area (Å²) in [7, 11) is 0. The number of Topliss-reactive ketones (excluding diaryl/α,β-unsaturated/α-hetero) is 1. The number of ketones is 1. The molecule has 0 atom stereocenters. The van der Waals surface area contributed by atoms with E-state index in [-0.39, 0.29) is 28.3 Å². The van der Waals surface area contributed by atoms with Crippen LogP contribution in [0, 0.1) is 10.1 Å². The molecule has 4 rings (SSSR count). The second-order valence-corrected chi connectivity index (χ2v) is 8.48. The van der Waals surface area contributed by atoms with E-state index in [1.165, 1.54) is 24.3 Å². The highest BCUT2D eigenvalue weighted by molar-refractivity contribution is 6.06. The van der Waals surface area contributed by atoms with E-state index in [2.05, 4.69) is 0 Å². The van der Waals surface area contributed by atoms with E-state index in [9.17, 15) is 24.5 Å². The Hall–Kier alpha value is -5.11. The number of hydrogen-bond acceptors (Lipinski definition) is 6. The maximum absolute atomic E-state index is 13.7. The summed E-state index contributed by atoms with van der Waals surface area (Å²) < 4.78 is 5.22. The van der Waals surface area contributed by atoms with Crippen molar-refractivity contribution in [2.45, 2.75) is 13.1 Å². The molecule has 0 aliphatic carbocycles. The van der Waals surface area contributed by atoms with Gasteiger partial charge in [-0.1, -0.05) is 84.9 Å². The largest absolute Gasteiger partial charge is 0.454 e. The number of amides is 1. The first-order chi connectivity index (χ1) is 18.4. The minimum Gasteiger partial charge on any atom is -0.454 e. The molecule has 8 heteroatoms. The minimum absolute atomic E-state index is 0.0236. The lowest BCUT2D eigenvalue weighted by Crippen LogP contribution is -2.31. The first-order valence-electron chi connectivity index (χ1n) is 11.8. The first-order valence-corrected chi connectivity index (χ1v) is 11.8. The Morgan fingerprint density at radius 1 is 0.711 bits per heavy atom. The molecule has 0 bridgehead atoms. The van der Waals surface area contributed by atoms with E-state index >= 15 is 0 Å². The van der Waals surface area contributed by atoms with Crippen molar-refractivity contribution in [1.82, 2.24) is 4.90 Å². The zero-order chi connectivity index (χ0) is 26.9. The summed E-state index contributed by atoms with van der Waals surface area (Å²) in [5.41, 5.74) is 1.84. The Kier molecular flexibility index (Phi) is 8.35. The van der Waals surface area contributed by atoms with E-state index in [1.807, 2.05) is 60.7 Å². The Labute approximate surface area is 219 Å². The highest BCUT2D eigenvalue weighted by Crippen LogP contribution is 2.19. The Morgan fingerprint density at radius 3 is 1.84 bits per heavy atom. The number of rotatable bonds is 10. The monoisotopic (exact) mass is 508 g/mol. The van der Waals surface area contributed by atoms with Crippen molar-refractivity contribution in [3.05, 3.63) is 147 Å². The number of benzene rings is 4. The van der Waals surface area contributed by atoms with E-state index in [0.717, 1.165) is 17.2 Å². The fourth-order valence-corrected chi connectivity index (χ4v) is 3.91. The molecule has 0 spiro atoms. The number of carbonyl (C=O) groups is 3. The molecule has 0 aliphatic rings. The molecule has 4 aromatic rings. The summed E-state index contributed by atoms with van der Waals surface area (Å²) in [5.74, 6) is -1.80. The number of carbonyl (C=O) groups excluding carboxylic acids is 3. The molecule has 38 heavy (non-hydrogen) atoms. The zero-order valence-corrected chi connectivity index (χ0v) is 20.4. The van der Waals surface area contributed by atoms with Gasteiger partial charge in [-0.15, -0.1) is 0 Å². The van der Waals surface area contributed by atoms with Crippen molar-refractivity contribution in [3.63, 3.8) is 0 Å². The molecular weight excluding hydrogens is 484 g/mol. The SMILES string of the molecule is O=C(COC(=O)c1ccccc1C(=O)N(Cc1ccccc1)Cc1ccccc1)c1cccc([N+](=O)[O-])c1. The molecule has 4 aromatic carbocycles. The van der Waals surface area contributed by atoms with Gasteiger partial charge in [0.25, 0.3) is 11.6 Å². The summed E-state index contributed by atoms with van der Waals surface area (Å²) in [4.78, 5) is 51.2. The van der Waals surface area contributed by atoms with E-state index in [4.69, 9.17) is 4.74 Å². The molecule has 0 heterocycles. The molecule has 0 fully saturated rings. The van der Waals surface area contributed by atoms with Crippen LogP contribution in [0.3, 0.4) is 0 Å². The van der Waals surface area contributed by atoms with Gasteiger partial charge in [0, 0.05) is 30.8 Å². The molecule has 0 N–H and O–H groups in total. The van der Waals surface area contributed by atoms with Crippen LogP contribution in [0.5, 0.6) is 0 Å². The van der Waals surface area contributed by atoms with Crippen LogP contribution in [0.1, 0.15) is 42.2 Å². The maximum atomic E-state index is 13.7. The van der Waals surface area contributed by atoms with Gasteiger partial charge in [0.1, 0.15) is 0 Å². The second kappa shape index (κ2) is 12.2. The summed E-state index contributed by atoms with van der Waals surface area (Å²) in [5, 5.41) is 11.0. The number of hydrogen-bond donors (Lipinski definition) is 0. The quantitative estimate of drug-likeness (QED) is 0.122. The molecule has 0 saturated heterocycles. The number of nitrogens with zero attached hydrogens (tertiary/aromatic N) is 2. The van der Waals surface area contributed by atoms with Gasteiger partial charge in [0.15, 0.2) is 6.61 Å². The molecule has 0 aliphatic heterocycles. The maximum Gasteiger partial charge on any atom is 0.339 e. The number of esters is 1. The fraction of sp³-hybridized carbons (Fsp3) is 0.100. The van der Waals surface area contributed by atoms with Crippen LogP contribution in [-0.2, 0) is 17.8 Å². The molecule has 0 radical (unpaired) electrons. The lowest BCUT2D eigenvalue weighted by atomic mass is 10.0. The lowest BCUT2D eigenvalue weighted by Gasteiger charge is -2.24. The number of nitro groups is 1.